The van der Waals surface area contributed by atoms with Crippen molar-refractivity contribution in [2.75, 3.05) is 6.54 Å². The van der Waals surface area contributed by atoms with Crippen LogP contribution in [0.2, 0.25) is 0 Å². The zero-order chi connectivity index (χ0) is 12.8. The topological polar surface area (TPSA) is 109 Å². The molecule has 0 bridgehead atoms. The van der Waals surface area contributed by atoms with Gasteiger partial charge in [-0.15, -0.1) is 0 Å². The van der Waals surface area contributed by atoms with Gasteiger partial charge in [0.1, 0.15) is 11.9 Å². The van der Waals surface area contributed by atoms with E-state index in [1.807, 2.05) is 0 Å². The second kappa shape index (κ2) is 6.46. The lowest BCUT2D eigenvalue weighted by Crippen LogP contribution is -2.19. The molecular weight excluding hydrogens is 290 g/mol. The fraction of sp³-hybridized carbons (Fsp3) is 0.400. The molecule has 1 aromatic carbocycles. The summed E-state index contributed by atoms with van der Waals surface area (Å²) in [7, 11) is 0. The van der Waals surface area contributed by atoms with Crippen molar-refractivity contribution in [1.29, 1.82) is 0 Å². The summed E-state index contributed by atoms with van der Waals surface area (Å²) in [5.74, 6) is 0.0597. The first kappa shape index (κ1) is 13.8. The lowest BCUT2D eigenvalue weighted by atomic mass is 10.0. The van der Waals surface area contributed by atoms with Crippen LogP contribution in [0.3, 0.4) is 0 Å². The summed E-state index contributed by atoms with van der Waals surface area (Å²) in [6.07, 6.45) is -1.93. The standard InChI is InChI=1S/C10H12BrN3O3/c11-7-5-6(1-2-8(7)15)10(17)9(16)3-4-13-14-12/h1-2,5,9-10,15-17H,3-4H2. The third-order valence-electron chi connectivity index (χ3n) is 2.27. The van der Waals surface area contributed by atoms with Crippen LogP contribution in [0.15, 0.2) is 27.8 Å². The van der Waals surface area contributed by atoms with Crippen molar-refractivity contribution < 1.29 is 15.3 Å². The SMILES string of the molecule is [N-]=[N+]=NCCC(O)C(O)c1ccc(O)c(Br)c1. The highest BCUT2D eigenvalue weighted by Crippen LogP contribution is 2.28. The number of aliphatic hydroxyl groups excluding tert-OH is 2. The minimum absolute atomic E-state index is 0.0597. The second-order valence-electron chi connectivity index (χ2n) is 3.47. The minimum atomic E-state index is -1.08. The Bertz CT molecular complexity index is 435. The Morgan fingerprint density at radius 1 is 1.41 bits per heavy atom. The molecule has 0 aromatic heterocycles. The summed E-state index contributed by atoms with van der Waals surface area (Å²) >= 11 is 3.12. The molecule has 0 fully saturated rings. The highest BCUT2D eigenvalue weighted by Gasteiger charge is 2.18. The number of rotatable bonds is 5. The van der Waals surface area contributed by atoms with Crippen LogP contribution in [-0.4, -0.2) is 28.0 Å². The summed E-state index contributed by atoms with van der Waals surface area (Å²) < 4.78 is 0.441. The maximum Gasteiger partial charge on any atom is 0.129 e. The third-order valence-corrected chi connectivity index (χ3v) is 2.90. The Hall–Kier alpha value is -1.27. The summed E-state index contributed by atoms with van der Waals surface area (Å²) in [6.45, 7) is 0.119. The zero-order valence-corrected chi connectivity index (χ0v) is 10.4. The summed E-state index contributed by atoms with van der Waals surface area (Å²) in [5, 5.41) is 32.0. The van der Waals surface area contributed by atoms with E-state index in [-0.39, 0.29) is 18.7 Å². The number of benzene rings is 1. The van der Waals surface area contributed by atoms with Gasteiger partial charge in [-0.2, -0.15) is 0 Å². The fourth-order valence-electron chi connectivity index (χ4n) is 1.32. The molecule has 6 nitrogen and oxygen atoms in total. The first-order chi connectivity index (χ1) is 8.06. The van der Waals surface area contributed by atoms with Gasteiger partial charge in [0.05, 0.1) is 10.6 Å². The van der Waals surface area contributed by atoms with Gasteiger partial charge in [0.2, 0.25) is 0 Å². The van der Waals surface area contributed by atoms with Crippen LogP contribution >= 0.6 is 15.9 Å². The van der Waals surface area contributed by atoms with Gasteiger partial charge in [0.25, 0.3) is 0 Å². The predicted octanol–water partition coefficient (Wildman–Crippen LogP) is 2.25. The van der Waals surface area contributed by atoms with Crippen molar-refractivity contribution in [3.8, 4) is 5.75 Å². The Kier molecular flexibility index (Phi) is 5.24. The second-order valence-corrected chi connectivity index (χ2v) is 4.32. The van der Waals surface area contributed by atoms with E-state index in [4.69, 9.17) is 5.53 Å². The number of halogens is 1. The quantitative estimate of drug-likeness (QED) is 0.441. The molecular formula is C10H12BrN3O3. The molecule has 0 spiro atoms. The van der Waals surface area contributed by atoms with Gasteiger partial charge >= 0.3 is 0 Å². The van der Waals surface area contributed by atoms with Crippen LogP contribution in [0.1, 0.15) is 18.1 Å². The molecule has 2 atom stereocenters. The number of hydrogen-bond acceptors (Lipinski definition) is 4. The Morgan fingerprint density at radius 3 is 2.71 bits per heavy atom. The molecule has 0 amide bonds. The van der Waals surface area contributed by atoms with Crippen LogP contribution < -0.4 is 0 Å². The largest absolute Gasteiger partial charge is 0.507 e. The van der Waals surface area contributed by atoms with Crippen molar-refractivity contribution in [1.82, 2.24) is 0 Å². The highest BCUT2D eigenvalue weighted by molar-refractivity contribution is 9.10. The zero-order valence-electron chi connectivity index (χ0n) is 8.86. The maximum absolute atomic E-state index is 9.82. The molecule has 0 aliphatic rings. The van der Waals surface area contributed by atoms with Gasteiger partial charge in [-0.1, -0.05) is 11.2 Å². The van der Waals surface area contributed by atoms with Crippen molar-refractivity contribution in [3.05, 3.63) is 38.7 Å². The van der Waals surface area contributed by atoms with Crippen molar-refractivity contribution in [2.45, 2.75) is 18.6 Å². The number of azide groups is 1. The van der Waals surface area contributed by atoms with Gasteiger partial charge in [0.15, 0.2) is 0 Å². The Morgan fingerprint density at radius 2 is 2.12 bits per heavy atom. The van der Waals surface area contributed by atoms with Crippen molar-refractivity contribution in [2.24, 2.45) is 5.11 Å². The monoisotopic (exact) mass is 301 g/mol. The van der Waals surface area contributed by atoms with E-state index in [1.165, 1.54) is 18.2 Å². The predicted molar refractivity (Wildman–Crippen MR) is 65.4 cm³/mol. The molecule has 0 heterocycles. The van der Waals surface area contributed by atoms with Gasteiger partial charge in [-0.25, -0.2) is 0 Å². The van der Waals surface area contributed by atoms with E-state index in [1.54, 1.807) is 0 Å². The molecule has 3 N–H and O–H groups in total. The smallest absolute Gasteiger partial charge is 0.129 e. The number of hydrogen-bond donors (Lipinski definition) is 3. The molecule has 0 saturated carbocycles. The van der Waals surface area contributed by atoms with Crippen LogP contribution in [0.5, 0.6) is 5.75 Å². The molecule has 0 aliphatic carbocycles. The van der Waals surface area contributed by atoms with Crippen LogP contribution in [0.4, 0.5) is 0 Å². The Balaban J connectivity index is 2.70. The average molecular weight is 302 g/mol. The number of phenols is 1. The first-order valence-corrected chi connectivity index (χ1v) is 5.71. The van der Waals surface area contributed by atoms with E-state index in [0.717, 1.165) is 0 Å². The summed E-state index contributed by atoms with van der Waals surface area (Å²) in [4.78, 5) is 2.56. The number of aromatic hydroxyl groups is 1. The first-order valence-electron chi connectivity index (χ1n) is 4.91. The average Bonchev–Trinajstić information content (AvgIpc) is 2.32. The normalized spacial score (nSPS) is 13.8. The molecule has 17 heavy (non-hydrogen) atoms. The van der Waals surface area contributed by atoms with Crippen molar-refractivity contribution >= 4 is 15.9 Å². The number of nitrogens with zero attached hydrogens (tertiary/aromatic N) is 3. The lowest BCUT2D eigenvalue weighted by Gasteiger charge is -2.17. The van der Waals surface area contributed by atoms with Crippen LogP contribution in [-0.2, 0) is 0 Å². The van der Waals surface area contributed by atoms with Gasteiger partial charge in [-0.3, -0.25) is 0 Å². The molecule has 92 valence electrons. The summed E-state index contributed by atoms with van der Waals surface area (Å²) in [6, 6.07) is 4.46. The van der Waals surface area contributed by atoms with Gasteiger partial charge in [-0.05, 0) is 45.6 Å². The van der Waals surface area contributed by atoms with E-state index < -0.39 is 12.2 Å². The minimum Gasteiger partial charge on any atom is -0.507 e. The highest BCUT2D eigenvalue weighted by atomic mass is 79.9. The number of phenolic OH excluding ortho intramolecular Hbond substituents is 1. The van der Waals surface area contributed by atoms with E-state index in [2.05, 4.69) is 26.0 Å². The molecule has 7 heteroatoms. The molecule has 0 radical (unpaired) electrons. The van der Waals surface area contributed by atoms with Gasteiger partial charge < -0.3 is 15.3 Å². The van der Waals surface area contributed by atoms with E-state index in [0.29, 0.717) is 10.0 Å². The fourth-order valence-corrected chi connectivity index (χ4v) is 1.72. The molecule has 2 unspecified atom stereocenters. The van der Waals surface area contributed by atoms with Gasteiger partial charge in [0, 0.05) is 11.5 Å². The number of aliphatic hydroxyl groups is 2. The van der Waals surface area contributed by atoms with E-state index in [9.17, 15) is 15.3 Å². The Labute approximate surface area is 106 Å². The lowest BCUT2D eigenvalue weighted by molar-refractivity contribution is 0.0150. The van der Waals surface area contributed by atoms with Crippen LogP contribution in [0.25, 0.3) is 10.4 Å². The van der Waals surface area contributed by atoms with Crippen LogP contribution in [0, 0.1) is 0 Å². The molecule has 0 saturated heterocycles. The molecule has 1 aromatic rings. The summed E-state index contributed by atoms with van der Waals surface area (Å²) in [5.41, 5.74) is 8.56. The molecule has 1 rings (SSSR count). The van der Waals surface area contributed by atoms with E-state index >= 15 is 0 Å². The maximum atomic E-state index is 9.82. The molecule has 0 aliphatic heterocycles. The van der Waals surface area contributed by atoms with Crippen molar-refractivity contribution in [3.63, 3.8) is 0 Å². The third kappa shape index (κ3) is 3.90.